The topological polar surface area (TPSA) is 26.0 Å². The molecule has 2 N–H and O–H groups in total. The van der Waals surface area contributed by atoms with Crippen molar-refractivity contribution in [2.75, 3.05) is 5.73 Å². The van der Waals surface area contributed by atoms with Crippen LogP contribution in [0.4, 0.5) is 5.69 Å². The first-order chi connectivity index (χ1) is 7.29. The Kier molecular flexibility index (Phi) is 3.30. The van der Waals surface area contributed by atoms with E-state index in [0.29, 0.717) is 0 Å². The molecule has 2 rings (SSSR count). The van der Waals surface area contributed by atoms with Crippen LogP contribution in [0.1, 0.15) is 50.5 Å². The monoisotopic (exact) mass is 203 g/mol. The molecule has 0 spiro atoms. The number of hydrogen-bond acceptors (Lipinski definition) is 1. The molecule has 1 fully saturated rings. The maximum Gasteiger partial charge on any atom is 0.0314 e. The number of benzene rings is 1. The van der Waals surface area contributed by atoms with E-state index in [2.05, 4.69) is 19.1 Å². The van der Waals surface area contributed by atoms with Crippen LogP contribution in [0, 0.1) is 5.92 Å². The van der Waals surface area contributed by atoms with Crippen LogP contribution in [0.5, 0.6) is 0 Å². The molecule has 1 saturated carbocycles. The molecule has 1 aliphatic carbocycles. The van der Waals surface area contributed by atoms with Crippen molar-refractivity contribution in [3.05, 3.63) is 29.8 Å². The van der Waals surface area contributed by atoms with Crippen LogP contribution in [0.15, 0.2) is 24.3 Å². The summed E-state index contributed by atoms with van der Waals surface area (Å²) in [6, 6.07) is 8.48. The van der Waals surface area contributed by atoms with Crippen LogP contribution in [0.25, 0.3) is 0 Å². The molecule has 82 valence electrons. The van der Waals surface area contributed by atoms with E-state index < -0.39 is 0 Å². The van der Waals surface area contributed by atoms with Crippen molar-refractivity contribution >= 4 is 5.69 Å². The Morgan fingerprint density at radius 2 is 1.93 bits per heavy atom. The second kappa shape index (κ2) is 4.69. The van der Waals surface area contributed by atoms with Gasteiger partial charge in [-0.1, -0.05) is 38.3 Å². The Morgan fingerprint density at radius 3 is 2.60 bits per heavy atom. The van der Waals surface area contributed by atoms with Crippen molar-refractivity contribution in [3.63, 3.8) is 0 Å². The third-order valence-electron chi connectivity index (χ3n) is 3.77. The lowest BCUT2D eigenvalue weighted by molar-refractivity contribution is 0.314. The van der Waals surface area contributed by atoms with Crippen molar-refractivity contribution in [1.29, 1.82) is 0 Å². The van der Waals surface area contributed by atoms with Gasteiger partial charge in [-0.25, -0.2) is 0 Å². The van der Waals surface area contributed by atoms with Gasteiger partial charge < -0.3 is 5.73 Å². The van der Waals surface area contributed by atoms with E-state index in [1.807, 2.05) is 12.1 Å². The number of nitrogen functional groups attached to an aromatic ring is 1. The summed E-state index contributed by atoms with van der Waals surface area (Å²) in [6.07, 6.45) is 6.90. The highest BCUT2D eigenvalue weighted by Crippen LogP contribution is 2.37. The zero-order chi connectivity index (χ0) is 10.7. The molecule has 0 amide bonds. The third-order valence-corrected chi connectivity index (χ3v) is 3.77. The molecule has 1 aromatic carbocycles. The summed E-state index contributed by atoms with van der Waals surface area (Å²) in [4.78, 5) is 0. The lowest BCUT2D eigenvalue weighted by Gasteiger charge is -2.28. The van der Waals surface area contributed by atoms with Gasteiger partial charge in [-0.3, -0.25) is 0 Å². The van der Waals surface area contributed by atoms with Crippen molar-refractivity contribution in [2.24, 2.45) is 5.92 Å². The molecule has 15 heavy (non-hydrogen) atoms. The maximum atomic E-state index is 5.71. The molecule has 1 aliphatic rings. The molecular weight excluding hydrogens is 182 g/mol. The van der Waals surface area contributed by atoms with Crippen molar-refractivity contribution in [1.82, 2.24) is 0 Å². The van der Waals surface area contributed by atoms with E-state index in [1.54, 1.807) is 0 Å². The highest BCUT2D eigenvalue weighted by molar-refractivity contribution is 5.40. The van der Waals surface area contributed by atoms with Crippen LogP contribution >= 0.6 is 0 Å². The average Bonchev–Trinajstić information content (AvgIpc) is 2.30. The Labute approximate surface area is 92.7 Å². The number of rotatable bonds is 2. The summed E-state index contributed by atoms with van der Waals surface area (Å²) in [5.41, 5.74) is 8.07. The Hall–Kier alpha value is -0.980. The molecule has 0 bridgehead atoms. The smallest absolute Gasteiger partial charge is 0.0314 e. The summed E-state index contributed by atoms with van der Waals surface area (Å²) in [5.74, 6) is 1.73. The van der Waals surface area contributed by atoms with Gasteiger partial charge in [0.25, 0.3) is 0 Å². The molecule has 1 aromatic rings. The molecule has 0 aromatic heterocycles. The van der Waals surface area contributed by atoms with Gasteiger partial charge in [0.1, 0.15) is 0 Å². The van der Waals surface area contributed by atoms with E-state index in [1.165, 1.54) is 37.7 Å². The van der Waals surface area contributed by atoms with E-state index in [9.17, 15) is 0 Å². The second-order valence-electron chi connectivity index (χ2n) is 4.80. The number of nitrogens with two attached hydrogens (primary N) is 1. The van der Waals surface area contributed by atoms with Gasteiger partial charge in [0.15, 0.2) is 0 Å². The first-order valence-electron chi connectivity index (χ1n) is 6.15. The van der Waals surface area contributed by atoms with Crippen LogP contribution in [-0.4, -0.2) is 0 Å². The van der Waals surface area contributed by atoms with E-state index in [-0.39, 0.29) is 0 Å². The Morgan fingerprint density at radius 1 is 1.20 bits per heavy atom. The molecule has 0 aliphatic heterocycles. The summed E-state index contributed by atoms with van der Waals surface area (Å²) in [7, 11) is 0. The predicted octanol–water partition coefficient (Wildman–Crippen LogP) is 3.95. The lowest BCUT2D eigenvalue weighted by Crippen LogP contribution is -2.13. The molecule has 0 radical (unpaired) electrons. The quantitative estimate of drug-likeness (QED) is 0.723. The SMILES string of the molecule is CC[C@H]1CCC[C@H](c2ccc(N)cc2)C1. The lowest BCUT2D eigenvalue weighted by atomic mass is 9.77. The second-order valence-corrected chi connectivity index (χ2v) is 4.80. The van der Waals surface area contributed by atoms with E-state index >= 15 is 0 Å². The molecule has 0 unspecified atom stereocenters. The zero-order valence-electron chi connectivity index (χ0n) is 9.58. The van der Waals surface area contributed by atoms with Crippen LogP contribution < -0.4 is 5.73 Å². The summed E-state index contributed by atoms with van der Waals surface area (Å²) in [6.45, 7) is 2.32. The van der Waals surface area contributed by atoms with E-state index in [4.69, 9.17) is 5.73 Å². The van der Waals surface area contributed by atoms with Gasteiger partial charge in [0.05, 0.1) is 0 Å². The van der Waals surface area contributed by atoms with Gasteiger partial charge >= 0.3 is 0 Å². The Balaban J connectivity index is 2.06. The van der Waals surface area contributed by atoms with Crippen molar-refractivity contribution in [3.8, 4) is 0 Å². The van der Waals surface area contributed by atoms with Gasteiger partial charge in [0, 0.05) is 5.69 Å². The minimum atomic E-state index is 0.782. The summed E-state index contributed by atoms with van der Waals surface area (Å²) < 4.78 is 0. The maximum absolute atomic E-state index is 5.71. The average molecular weight is 203 g/mol. The fourth-order valence-electron chi connectivity index (χ4n) is 2.73. The Bertz CT molecular complexity index is 302. The first-order valence-corrected chi connectivity index (χ1v) is 6.15. The highest BCUT2D eigenvalue weighted by Gasteiger charge is 2.21. The molecule has 1 heteroatoms. The van der Waals surface area contributed by atoms with Gasteiger partial charge in [-0.05, 0) is 42.4 Å². The molecular formula is C14H21N. The first kappa shape index (κ1) is 10.5. The van der Waals surface area contributed by atoms with Gasteiger partial charge in [-0.2, -0.15) is 0 Å². The molecule has 2 atom stereocenters. The van der Waals surface area contributed by atoms with Gasteiger partial charge in [0.2, 0.25) is 0 Å². The largest absolute Gasteiger partial charge is 0.399 e. The standard InChI is InChI=1S/C14H21N/c1-2-11-4-3-5-13(10-11)12-6-8-14(15)9-7-12/h6-9,11,13H,2-5,10,15H2,1H3/t11-,13-/m0/s1. The zero-order valence-corrected chi connectivity index (χ0v) is 9.58. The normalized spacial score (nSPS) is 26.5. The van der Waals surface area contributed by atoms with E-state index in [0.717, 1.165) is 17.5 Å². The van der Waals surface area contributed by atoms with Crippen LogP contribution in [-0.2, 0) is 0 Å². The third kappa shape index (κ3) is 2.53. The molecule has 0 heterocycles. The molecule has 1 nitrogen and oxygen atoms in total. The predicted molar refractivity (Wildman–Crippen MR) is 65.8 cm³/mol. The molecule has 0 saturated heterocycles. The van der Waals surface area contributed by atoms with Crippen molar-refractivity contribution < 1.29 is 0 Å². The number of anilines is 1. The van der Waals surface area contributed by atoms with Gasteiger partial charge in [-0.15, -0.1) is 0 Å². The fraction of sp³-hybridized carbons (Fsp3) is 0.571. The minimum absolute atomic E-state index is 0.782. The fourth-order valence-corrected chi connectivity index (χ4v) is 2.73. The summed E-state index contributed by atoms with van der Waals surface area (Å²) >= 11 is 0. The van der Waals surface area contributed by atoms with Crippen molar-refractivity contribution in [2.45, 2.75) is 44.9 Å². The highest BCUT2D eigenvalue weighted by atomic mass is 14.5. The minimum Gasteiger partial charge on any atom is -0.399 e. The summed E-state index contributed by atoms with van der Waals surface area (Å²) in [5, 5.41) is 0. The van der Waals surface area contributed by atoms with Crippen LogP contribution in [0.2, 0.25) is 0 Å². The number of hydrogen-bond donors (Lipinski definition) is 1. The van der Waals surface area contributed by atoms with Crippen LogP contribution in [0.3, 0.4) is 0 Å².